The zero-order chi connectivity index (χ0) is 14.8. The lowest BCUT2D eigenvalue weighted by atomic mass is 10.2. The molecule has 0 spiro atoms. The molecule has 3 rings (SSSR count). The number of amides is 2. The van der Waals surface area contributed by atoms with Crippen molar-refractivity contribution in [2.24, 2.45) is 5.73 Å². The van der Waals surface area contributed by atoms with E-state index in [9.17, 15) is 9.59 Å². The summed E-state index contributed by atoms with van der Waals surface area (Å²) in [6.07, 6.45) is 4.41. The molecule has 1 saturated heterocycles. The monoisotopic (exact) mass is 308 g/mol. The second-order valence-electron chi connectivity index (χ2n) is 5.60. The first-order valence-corrected chi connectivity index (χ1v) is 8.33. The first kappa shape index (κ1) is 14.5. The van der Waals surface area contributed by atoms with Crippen molar-refractivity contribution in [2.75, 3.05) is 13.1 Å². The van der Waals surface area contributed by atoms with E-state index in [0.29, 0.717) is 31.2 Å². The minimum absolute atomic E-state index is 0.0132. The molecule has 1 aliphatic carbocycles. The summed E-state index contributed by atoms with van der Waals surface area (Å²) in [5.74, 6) is -0.149. The molecule has 3 N–H and O–H groups in total. The van der Waals surface area contributed by atoms with E-state index in [1.165, 1.54) is 11.3 Å². The molecular weight excluding hydrogens is 288 g/mol. The highest BCUT2D eigenvalue weighted by atomic mass is 32.1. The molecule has 0 aromatic carbocycles. The third-order valence-electron chi connectivity index (χ3n) is 3.87. The fourth-order valence-corrected chi connectivity index (χ4v) is 3.39. The number of carbonyl (C=O) groups is 2. The Morgan fingerprint density at radius 2 is 2.24 bits per heavy atom. The molecule has 0 radical (unpaired) electrons. The maximum absolute atomic E-state index is 12.5. The first-order valence-electron chi connectivity index (χ1n) is 7.45. The molecule has 2 amide bonds. The van der Waals surface area contributed by atoms with Crippen LogP contribution in [0.4, 0.5) is 0 Å². The molecule has 6 nitrogen and oxygen atoms in total. The van der Waals surface area contributed by atoms with Crippen molar-refractivity contribution in [3.05, 3.63) is 16.1 Å². The SMILES string of the molecule is NCCc1nc(C(=O)N2CCCC2C(=O)NC2CC2)cs1. The highest BCUT2D eigenvalue weighted by molar-refractivity contribution is 7.09. The summed E-state index contributed by atoms with van der Waals surface area (Å²) in [6, 6.07) is -0.0109. The van der Waals surface area contributed by atoms with E-state index in [2.05, 4.69) is 10.3 Å². The van der Waals surface area contributed by atoms with Gasteiger partial charge >= 0.3 is 0 Å². The van der Waals surface area contributed by atoms with Crippen LogP contribution < -0.4 is 11.1 Å². The summed E-state index contributed by atoms with van der Waals surface area (Å²) < 4.78 is 0. The number of aromatic nitrogens is 1. The summed E-state index contributed by atoms with van der Waals surface area (Å²) in [7, 11) is 0. The Labute approximate surface area is 127 Å². The molecule has 7 heteroatoms. The van der Waals surface area contributed by atoms with E-state index in [-0.39, 0.29) is 17.9 Å². The van der Waals surface area contributed by atoms with Crippen molar-refractivity contribution in [1.29, 1.82) is 0 Å². The normalized spacial score (nSPS) is 21.6. The van der Waals surface area contributed by atoms with Gasteiger partial charge < -0.3 is 16.0 Å². The molecular formula is C14H20N4O2S. The summed E-state index contributed by atoms with van der Waals surface area (Å²) >= 11 is 1.45. The van der Waals surface area contributed by atoms with Crippen LogP contribution in [0.3, 0.4) is 0 Å². The van der Waals surface area contributed by atoms with Gasteiger partial charge in [-0.15, -0.1) is 11.3 Å². The Kier molecular flexibility index (Phi) is 4.21. The zero-order valence-electron chi connectivity index (χ0n) is 11.9. The van der Waals surface area contributed by atoms with E-state index in [4.69, 9.17) is 5.73 Å². The van der Waals surface area contributed by atoms with Crippen molar-refractivity contribution in [3.8, 4) is 0 Å². The molecule has 1 aromatic heterocycles. The Morgan fingerprint density at radius 1 is 1.43 bits per heavy atom. The average Bonchev–Trinajstić information content (AvgIpc) is 2.98. The molecule has 2 heterocycles. The maximum Gasteiger partial charge on any atom is 0.274 e. The zero-order valence-corrected chi connectivity index (χ0v) is 12.7. The van der Waals surface area contributed by atoms with Crippen LogP contribution in [0.1, 0.15) is 41.2 Å². The lowest BCUT2D eigenvalue weighted by Gasteiger charge is -2.23. The predicted molar refractivity (Wildman–Crippen MR) is 80.1 cm³/mol. The third kappa shape index (κ3) is 3.24. The topological polar surface area (TPSA) is 88.3 Å². The number of nitrogens with zero attached hydrogens (tertiary/aromatic N) is 2. The minimum atomic E-state index is -0.335. The van der Waals surface area contributed by atoms with Crippen molar-refractivity contribution in [2.45, 2.75) is 44.2 Å². The number of thiazole rings is 1. The van der Waals surface area contributed by atoms with Crippen LogP contribution >= 0.6 is 11.3 Å². The van der Waals surface area contributed by atoms with Crippen LogP contribution in [0.2, 0.25) is 0 Å². The standard InChI is InChI=1S/C14H20N4O2S/c15-6-5-12-17-10(8-21-12)14(20)18-7-1-2-11(18)13(19)16-9-3-4-9/h8-9,11H,1-7,15H2,(H,16,19). The number of hydrogen-bond donors (Lipinski definition) is 2. The van der Waals surface area contributed by atoms with Crippen molar-refractivity contribution >= 4 is 23.2 Å². The van der Waals surface area contributed by atoms with Crippen molar-refractivity contribution < 1.29 is 9.59 Å². The third-order valence-corrected chi connectivity index (χ3v) is 4.78. The van der Waals surface area contributed by atoms with Gasteiger partial charge in [-0.3, -0.25) is 9.59 Å². The molecule has 114 valence electrons. The van der Waals surface area contributed by atoms with Gasteiger partial charge in [-0.25, -0.2) is 4.98 Å². The molecule has 1 aliphatic heterocycles. The van der Waals surface area contributed by atoms with Gasteiger partial charge in [-0.2, -0.15) is 0 Å². The second kappa shape index (κ2) is 6.11. The lowest BCUT2D eigenvalue weighted by molar-refractivity contribution is -0.125. The second-order valence-corrected chi connectivity index (χ2v) is 6.55. The summed E-state index contributed by atoms with van der Waals surface area (Å²) in [5.41, 5.74) is 5.94. The van der Waals surface area contributed by atoms with Gasteiger partial charge in [0.1, 0.15) is 11.7 Å². The fourth-order valence-electron chi connectivity index (χ4n) is 2.60. The van der Waals surface area contributed by atoms with Crippen LogP contribution in [0.5, 0.6) is 0 Å². The molecule has 1 aromatic rings. The van der Waals surface area contributed by atoms with Crippen molar-refractivity contribution in [3.63, 3.8) is 0 Å². The fraction of sp³-hybridized carbons (Fsp3) is 0.643. The quantitative estimate of drug-likeness (QED) is 0.830. The van der Waals surface area contributed by atoms with E-state index < -0.39 is 0 Å². The number of carbonyl (C=O) groups excluding carboxylic acids is 2. The Balaban J connectivity index is 1.67. The first-order chi connectivity index (χ1) is 10.2. The smallest absolute Gasteiger partial charge is 0.274 e. The molecule has 2 fully saturated rings. The van der Waals surface area contributed by atoms with E-state index in [1.54, 1.807) is 10.3 Å². The molecule has 2 aliphatic rings. The van der Waals surface area contributed by atoms with Crippen LogP contribution in [0.15, 0.2) is 5.38 Å². The minimum Gasteiger partial charge on any atom is -0.352 e. The molecule has 0 bridgehead atoms. The van der Waals surface area contributed by atoms with Crippen LogP contribution in [0, 0.1) is 0 Å². The van der Waals surface area contributed by atoms with Gasteiger partial charge in [0.2, 0.25) is 5.91 Å². The number of nitrogens with one attached hydrogen (secondary N) is 1. The highest BCUT2D eigenvalue weighted by Crippen LogP contribution is 2.24. The Morgan fingerprint density at radius 3 is 2.95 bits per heavy atom. The van der Waals surface area contributed by atoms with Crippen LogP contribution in [-0.2, 0) is 11.2 Å². The average molecular weight is 308 g/mol. The van der Waals surface area contributed by atoms with Gasteiger partial charge in [0.05, 0.1) is 5.01 Å². The van der Waals surface area contributed by atoms with E-state index in [0.717, 1.165) is 30.7 Å². The largest absolute Gasteiger partial charge is 0.352 e. The van der Waals surface area contributed by atoms with Gasteiger partial charge in [0.15, 0.2) is 0 Å². The molecule has 1 atom stereocenters. The maximum atomic E-state index is 12.5. The van der Waals surface area contributed by atoms with Crippen LogP contribution in [-0.4, -0.2) is 46.9 Å². The van der Waals surface area contributed by atoms with E-state index >= 15 is 0 Å². The number of hydrogen-bond acceptors (Lipinski definition) is 5. The summed E-state index contributed by atoms with van der Waals surface area (Å²) in [4.78, 5) is 30.7. The highest BCUT2D eigenvalue weighted by Gasteiger charge is 2.37. The van der Waals surface area contributed by atoms with Gasteiger partial charge in [-0.05, 0) is 32.2 Å². The number of nitrogens with two attached hydrogens (primary N) is 1. The van der Waals surface area contributed by atoms with Gasteiger partial charge in [0, 0.05) is 24.4 Å². The van der Waals surface area contributed by atoms with Crippen molar-refractivity contribution in [1.82, 2.24) is 15.2 Å². The number of likely N-dealkylation sites (tertiary alicyclic amines) is 1. The van der Waals surface area contributed by atoms with Gasteiger partial charge in [0.25, 0.3) is 5.91 Å². The Bertz CT molecular complexity index is 541. The van der Waals surface area contributed by atoms with E-state index in [1.807, 2.05) is 0 Å². The molecule has 1 unspecified atom stereocenters. The lowest BCUT2D eigenvalue weighted by Crippen LogP contribution is -2.46. The summed E-state index contributed by atoms with van der Waals surface area (Å²) in [6.45, 7) is 1.16. The number of rotatable bonds is 5. The summed E-state index contributed by atoms with van der Waals surface area (Å²) in [5, 5.41) is 5.63. The van der Waals surface area contributed by atoms with Gasteiger partial charge in [-0.1, -0.05) is 0 Å². The molecule has 21 heavy (non-hydrogen) atoms. The Hall–Kier alpha value is -1.47. The predicted octanol–water partition coefficient (Wildman–Crippen LogP) is 0.527. The van der Waals surface area contributed by atoms with Crippen LogP contribution in [0.25, 0.3) is 0 Å². The molecule has 1 saturated carbocycles.